The molecule has 0 aliphatic rings. The molecule has 0 bridgehead atoms. The Labute approximate surface area is 173 Å². The van der Waals surface area contributed by atoms with Gasteiger partial charge in [-0.25, -0.2) is 0 Å². The van der Waals surface area contributed by atoms with Crippen molar-refractivity contribution in [3.63, 3.8) is 0 Å². The van der Waals surface area contributed by atoms with Gasteiger partial charge >= 0.3 is 5.97 Å². The molecule has 28 heavy (non-hydrogen) atoms. The zero-order valence-corrected chi connectivity index (χ0v) is 16.9. The van der Waals surface area contributed by atoms with E-state index in [2.05, 4.69) is 5.32 Å². The molecule has 1 atom stereocenters. The van der Waals surface area contributed by atoms with Crippen LogP contribution in [0.25, 0.3) is 10.8 Å². The van der Waals surface area contributed by atoms with Crippen molar-refractivity contribution < 1.29 is 14.3 Å². The monoisotopic (exact) mass is 413 g/mol. The van der Waals surface area contributed by atoms with Gasteiger partial charge in [-0.2, -0.15) is 0 Å². The van der Waals surface area contributed by atoms with E-state index < -0.39 is 5.97 Å². The van der Waals surface area contributed by atoms with Crippen molar-refractivity contribution in [2.45, 2.75) is 17.9 Å². The van der Waals surface area contributed by atoms with Gasteiger partial charge in [0.2, 0.25) is 0 Å². The van der Waals surface area contributed by atoms with Gasteiger partial charge in [0.05, 0.1) is 11.8 Å². The number of ether oxygens (including phenoxy) is 1. The van der Waals surface area contributed by atoms with Crippen molar-refractivity contribution in [2.75, 3.05) is 12.4 Å². The van der Waals surface area contributed by atoms with Gasteiger partial charge in [-0.1, -0.05) is 66.2 Å². The molecule has 3 aromatic carbocycles. The highest BCUT2D eigenvalue weighted by Gasteiger charge is 2.13. The Hall–Kier alpha value is -2.50. The number of fused-ring (bicyclic) bond motifs is 1. The lowest BCUT2D eigenvalue weighted by Crippen LogP contribution is -2.31. The molecular weight excluding hydrogens is 394 g/mol. The first-order valence-corrected chi connectivity index (χ1v) is 10.2. The molecule has 0 radical (unpaired) electrons. The summed E-state index contributed by atoms with van der Waals surface area (Å²) in [5.74, 6) is -0.675. The second-order valence-electron chi connectivity index (χ2n) is 6.24. The van der Waals surface area contributed by atoms with E-state index in [9.17, 15) is 9.59 Å². The number of carbonyl (C=O) groups excluding carboxylic acids is 2. The van der Waals surface area contributed by atoms with Crippen LogP contribution in [0.3, 0.4) is 0 Å². The van der Waals surface area contributed by atoms with E-state index in [1.807, 2.05) is 73.7 Å². The molecule has 3 rings (SSSR count). The molecule has 0 spiro atoms. The summed E-state index contributed by atoms with van der Waals surface area (Å²) in [7, 11) is 0. The van der Waals surface area contributed by atoms with Crippen LogP contribution in [0.1, 0.15) is 18.5 Å². The Morgan fingerprint density at radius 2 is 1.75 bits per heavy atom. The van der Waals surface area contributed by atoms with Gasteiger partial charge in [-0.05, 0) is 30.0 Å². The summed E-state index contributed by atoms with van der Waals surface area (Å²) >= 11 is 7.64. The Morgan fingerprint density at radius 1 is 1.04 bits per heavy atom. The first kappa shape index (κ1) is 20.2. The minimum Gasteiger partial charge on any atom is -0.455 e. The van der Waals surface area contributed by atoms with Crippen molar-refractivity contribution in [1.82, 2.24) is 5.32 Å². The van der Waals surface area contributed by atoms with Gasteiger partial charge in [0.25, 0.3) is 5.91 Å². The maximum atomic E-state index is 12.0. The summed E-state index contributed by atoms with van der Waals surface area (Å²) in [4.78, 5) is 25.0. The minimum atomic E-state index is -0.448. The van der Waals surface area contributed by atoms with Crippen LogP contribution in [0.15, 0.2) is 71.6 Å². The Kier molecular flexibility index (Phi) is 6.95. The van der Waals surface area contributed by atoms with E-state index in [0.29, 0.717) is 5.02 Å². The molecule has 0 unspecified atom stereocenters. The number of hydrogen-bond donors (Lipinski definition) is 1. The van der Waals surface area contributed by atoms with Crippen LogP contribution in [-0.2, 0) is 14.3 Å². The summed E-state index contributed by atoms with van der Waals surface area (Å²) in [6.45, 7) is 1.59. The molecule has 0 heterocycles. The average molecular weight is 414 g/mol. The predicted octanol–water partition coefficient (Wildman–Crippen LogP) is 5.01. The number of esters is 1. The van der Waals surface area contributed by atoms with Crippen LogP contribution >= 0.6 is 23.4 Å². The number of thioether (sulfide) groups is 1. The number of carbonyl (C=O) groups is 2. The molecule has 3 aromatic rings. The molecule has 0 aromatic heterocycles. The molecule has 0 saturated heterocycles. The fourth-order valence-corrected chi connectivity index (χ4v) is 4.06. The smallest absolute Gasteiger partial charge is 0.316 e. The fourth-order valence-electron chi connectivity index (χ4n) is 2.82. The van der Waals surface area contributed by atoms with Crippen LogP contribution in [0.2, 0.25) is 5.02 Å². The maximum Gasteiger partial charge on any atom is 0.316 e. The highest BCUT2D eigenvalue weighted by Crippen LogP contribution is 2.33. The third-order valence-corrected chi connectivity index (χ3v) is 5.55. The third-order valence-electron chi connectivity index (χ3n) is 4.20. The molecule has 0 fully saturated rings. The highest BCUT2D eigenvalue weighted by atomic mass is 35.5. The van der Waals surface area contributed by atoms with Crippen LogP contribution in [-0.4, -0.2) is 24.2 Å². The fraction of sp³-hybridized carbons (Fsp3) is 0.182. The number of halogens is 1. The van der Waals surface area contributed by atoms with Crippen LogP contribution in [0, 0.1) is 0 Å². The lowest BCUT2D eigenvalue weighted by molar-refractivity contribution is -0.146. The quantitative estimate of drug-likeness (QED) is 0.437. The Balaban J connectivity index is 1.49. The second kappa shape index (κ2) is 9.62. The minimum absolute atomic E-state index is 0.103. The topological polar surface area (TPSA) is 55.4 Å². The predicted molar refractivity (Wildman–Crippen MR) is 114 cm³/mol. The zero-order chi connectivity index (χ0) is 19.9. The molecule has 144 valence electrons. The normalized spacial score (nSPS) is 11.8. The largest absolute Gasteiger partial charge is 0.455 e. The van der Waals surface area contributed by atoms with Gasteiger partial charge in [-0.3, -0.25) is 9.59 Å². The summed E-state index contributed by atoms with van der Waals surface area (Å²) in [6.07, 6.45) is 0. The third kappa shape index (κ3) is 5.27. The first-order valence-electron chi connectivity index (χ1n) is 8.84. The van der Waals surface area contributed by atoms with Crippen molar-refractivity contribution in [1.29, 1.82) is 0 Å². The standard InChI is InChI=1S/C22H20ClNO3S/c1-15(16-7-3-2-4-8-16)24-20(25)13-27-21(26)14-28-19-12-6-10-17-9-5-11-18(23)22(17)19/h2-12,15H,13-14H2,1H3,(H,24,25)/t15-/m1/s1. The van der Waals surface area contributed by atoms with Crippen molar-refractivity contribution in [2.24, 2.45) is 0 Å². The molecule has 0 aliphatic heterocycles. The van der Waals surface area contributed by atoms with Gasteiger partial charge in [0.15, 0.2) is 6.61 Å². The highest BCUT2D eigenvalue weighted by molar-refractivity contribution is 8.00. The van der Waals surface area contributed by atoms with Gasteiger partial charge in [0.1, 0.15) is 0 Å². The van der Waals surface area contributed by atoms with Gasteiger partial charge in [0, 0.05) is 15.3 Å². The second-order valence-corrected chi connectivity index (χ2v) is 7.67. The maximum absolute atomic E-state index is 12.0. The Morgan fingerprint density at radius 3 is 2.50 bits per heavy atom. The lowest BCUT2D eigenvalue weighted by Gasteiger charge is -2.14. The van der Waals surface area contributed by atoms with E-state index in [-0.39, 0.29) is 24.3 Å². The summed E-state index contributed by atoms with van der Waals surface area (Å²) in [5.41, 5.74) is 0.991. The van der Waals surface area contributed by atoms with E-state index in [4.69, 9.17) is 16.3 Å². The number of amides is 1. The molecule has 6 heteroatoms. The molecule has 0 aliphatic carbocycles. The summed E-state index contributed by atoms with van der Waals surface area (Å²) < 4.78 is 5.10. The van der Waals surface area contributed by atoms with E-state index >= 15 is 0 Å². The zero-order valence-electron chi connectivity index (χ0n) is 15.4. The van der Waals surface area contributed by atoms with Crippen LogP contribution < -0.4 is 5.32 Å². The van der Waals surface area contributed by atoms with Crippen molar-refractivity contribution in [3.05, 3.63) is 77.3 Å². The summed E-state index contributed by atoms with van der Waals surface area (Å²) in [5, 5.41) is 5.39. The number of benzene rings is 3. The summed E-state index contributed by atoms with van der Waals surface area (Å²) in [6, 6.07) is 21.0. The SMILES string of the molecule is C[C@@H](NC(=O)COC(=O)CSc1cccc2cccc(Cl)c12)c1ccccc1. The van der Waals surface area contributed by atoms with E-state index in [1.165, 1.54) is 11.8 Å². The molecular formula is C22H20ClNO3S. The van der Waals surface area contributed by atoms with E-state index in [1.54, 1.807) is 0 Å². The number of hydrogen-bond acceptors (Lipinski definition) is 4. The number of nitrogens with one attached hydrogen (secondary N) is 1. The van der Waals surface area contributed by atoms with E-state index in [0.717, 1.165) is 21.2 Å². The van der Waals surface area contributed by atoms with Crippen molar-refractivity contribution in [3.8, 4) is 0 Å². The van der Waals surface area contributed by atoms with Crippen molar-refractivity contribution >= 4 is 46.0 Å². The van der Waals surface area contributed by atoms with Crippen LogP contribution in [0.4, 0.5) is 0 Å². The molecule has 4 nitrogen and oxygen atoms in total. The number of rotatable bonds is 7. The molecule has 1 N–H and O–H groups in total. The van der Waals surface area contributed by atoms with Gasteiger partial charge in [-0.15, -0.1) is 11.8 Å². The molecule has 1 amide bonds. The first-order chi connectivity index (χ1) is 13.5. The Bertz CT molecular complexity index is 973. The molecule has 0 saturated carbocycles. The van der Waals surface area contributed by atoms with Gasteiger partial charge < -0.3 is 10.1 Å². The lowest BCUT2D eigenvalue weighted by atomic mass is 10.1. The average Bonchev–Trinajstić information content (AvgIpc) is 2.71. The van der Waals surface area contributed by atoms with Crippen LogP contribution in [0.5, 0.6) is 0 Å².